The Morgan fingerprint density at radius 2 is 0.963 bits per heavy atom. The molecule has 19 atom stereocenters. The highest BCUT2D eigenvalue weighted by Gasteiger charge is 2.59. The first-order valence-corrected chi connectivity index (χ1v) is 31.9. The maximum absolute atomic E-state index is 14.2. The van der Waals surface area contributed by atoms with Gasteiger partial charge < -0.3 is 88.0 Å². The largest absolute Gasteiger partial charge is 0.487 e. The fourth-order valence-electron chi connectivity index (χ4n) is 14.9. The van der Waals surface area contributed by atoms with Crippen LogP contribution in [0.25, 0.3) is 0 Å². The molecule has 1 aliphatic carbocycles. The van der Waals surface area contributed by atoms with Crippen molar-refractivity contribution in [1.29, 1.82) is 0 Å². The van der Waals surface area contributed by atoms with E-state index in [1.807, 2.05) is 12.1 Å². The number of nitrogens with one attached hydrogen (secondary N) is 4. The fourth-order valence-corrected chi connectivity index (χ4v) is 16.2. The summed E-state index contributed by atoms with van der Waals surface area (Å²) in [6, 6.07) is 6.15. The summed E-state index contributed by atoms with van der Waals surface area (Å²) in [5.74, 6) is 4.48. The van der Waals surface area contributed by atoms with Crippen LogP contribution in [0.1, 0.15) is 92.1 Å². The maximum Gasteiger partial charge on any atom is 0.306 e. The van der Waals surface area contributed by atoms with E-state index in [1.165, 1.54) is 6.42 Å². The van der Waals surface area contributed by atoms with Crippen LogP contribution in [-0.2, 0) is 58.8 Å². The zero-order valence-corrected chi connectivity index (χ0v) is 52.1. The van der Waals surface area contributed by atoms with Gasteiger partial charge in [0, 0.05) is 86.8 Å². The van der Waals surface area contributed by atoms with Gasteiger partial charge in [-0.3, -0.25) is 4.79 Å². The maximum atomic E-state index is 14.2. The van der Waals surface area contributed by atoms with E-state index < -0.39 is 0 Å². The molecule has 17 unspecified atom stereocenters. The summed E-state index contributed by atoms with van der Waals surface area (Å²) in [4.78, 5) is 14.4. The number of aliphatic hydroxyl groups is 1. The van der Waals surface area contributed by atoms with Gasteiger partial charge in [0.2, 0.25) is 5.75 Å². The first-order chi connectivity index (χ1) is 39.4. The Labute approximate surface area is 493 Å². The molecule has 8 bridgehead atoms. The van der Waals surface area contributed by atoms with Crippen molar-refractivity contribution >= 4 is 21.9 Å². The first-order valence-electron chi connectivity index (χ1n) is 30.9. The van der Waals surface area contributed by atoms with Crippen molar-refractivity contribution in [3.05, 3.63) is 17.7 Å². The molecule has 1 saturated carbocycles. The van der Waals surface area contributed by atoms with E-state index in [9.17, 15) is 9.90 Å². The molecule has 20 heteroatoms. The predicted molar refractivity (Wildman–Crippen MR) is 313 cm³/mol. The van der Waals surface area contributed by atoms with Crippen LogP contribution in [0.3, 0.4) is 0 Å². The Bertz CT molecular complexity index is 1910. The number of ether oxygens (including phenoxy) is 13. The molecule has 1 aromatic rings. The molecule has 5 heterocycles. The zero-order valence-electron chi connectivity index (χ0n) is 50.5. The van der Waals surface area contributed by atoms with Crippen molar-refractivity contribution in [1.82, 2.24) is 21.3 Å². The normalized spacial score (nSPS) is 34.3. The summed E-state index contributed by atoms with van der Waals surface area (Å²) in [6.07, 6.45) is 5.84. The molecular formula is C61H105BrN4O15. The topological polar surface area (TPSA) is 205 Å². The summed E-state index contributed by atoms with van der Waals surface area (Å²) in [6.45, 7) is 21.5. The average molecular weight is 1210 g/mol. The van der Waals surface area contributed by atoms with Crippen molar-refractivity contribution < 1.29 is 71.5 Å². The van der Waals surface area contributed by atoms with E-state index in [0.29, 0.717) is 188 Å². The lowest BCUT2D eigenvalue weighted by atomic mass is 9.76. The third-order valence-electron chi connectivity index (χ3n) is 19.1. The molecule has 6 aliphatic rings. The Hall–Kier alpha value is -1.99. The van der Waals surface area contributed by atoms with E-state index in [4.69, 9.17) is 61.6 Å². The number of fused-ring (bicyclic) bond motifs is 8. The molecule has 0 spiro atoms. The number of hydrogen-bond acceptors (Lipinski definition) is 19. The van der Waals surface area contributed by atoms with E-state index >= 15 is 0 Å². The number of rotatable bonds is 37. The van der Waals surface area contributed by atoms with Crippen LogP contribution in [0.15, 0.2) is 12.1 Å². The van der Waals surface area contributed by atoms with Gasteiger partial charge in [0.1, 0.15) is 26.4 Å². The van der Waals surface area contributed by atoms with Crippen LogP contribution in [0.2, 0.25) is 0 Å². The summed E-state index contributed by atoms with van der Waals surface area (Å²) in [7, 11) is 4.92. The highest BCUT2D eigenvalue weighted by molar-refractivity contribution is 9.09. The van der Waals surface area contributed by atoms with Crippen LogP contribution in [-0.4, -0.2) is 211 Å². The number of halogens is 1. The number of carbonyl (C=O) groups excluding carboxylic acids is 1. The molecule has 19 nitrogen and oxygen atoms in total. The molecule has 0 amide bonds. The van der Waals surface area contributed by atoms with Gasteiger partial charge in [-0.2, -0.15) is 0 Å². The number of carbonyl (C=O) groups is 1. The van der Waals surface area contributed by atoms with Crippen LogP contribution in [0, 0.1) is 53.3 Å². The minimum Gasteiger partial charge on any atom is -0.487 e. The summed E-state index contributed by atoms with van der Waals surface area (Å²) >= 11 is 4.38. The molecule has 1 aromatic carbocycles. The standard InChI is InChI=1S/C61H105BrN4O15/c1-10-43-38(3)47-35-50-44(11-2)39(4)57(65-50)56(62)58-40(5)45(59(66-58)46-34-51(67)55-41(6)48(64-60(46)55)36-49(43)63-47)12-13-54(68)81-37-42-32-52(78-29-26-75-23-20-72-17-14-69-7)61(80-31-28-77-25-22-74-19-16-71-9)53(33-42)79-30-27-76-24-21-73-18-15-70-8/h32-33,38-41,43-51,55-60,63-67H,10-31,34-37H2,1-9H3/t38?,39?,40-,41?,43?,44?,45-,46?,47?,48?,49?,50?,51?,55?,56?,57?,58?,59?,60?/m0/s1. The van der Waals surface area contributed by atoms with E-state index in [2.05, 4.69) is 78.7 Å². The SMILES string of the molecule is CCC1C2CC3NC4C(CC(O)C4C3C)C3NC(C(Br)C4NC(CC(N2)C1C)C(CC)C4C)[C@@H](C)[C@@H]3CCC(=O)OCc1cc(OCCOCCOCCOC)c(OCCOCCOCCOC)c(OCCOCCOCCOC)c1. The van der Waals surface area contributed by atoms with Gasteiger partial charge in [0.15, 0.2) is 11.5 Å². The minimum atomic E-state index is -0.373. The molecular weight excluding hydrogens is 1110 g/mol. The first kappa shape index (κ1) is 66.5. The summed E-state index contributed by atoms with van der Waals surface area (Å²) < 4.78 is 74.6. The second kappa shape index (κ2) is 35.0. The number of hydrogen-bond donors (Lipinski definition) is 5. The van der Waals surface area contributed by atoms with Crippen LogP contribution >= 0.6 is 15.9 Å². The number of aliphatic hydroxyl groups excluding tert-OH is 1. The second-order valence-electron chi connectivity index (χ2n) is 23.7. The predicted octanol–water partition coefficient (Wildman–Crippen LogP) is 5.81. The van der Waals surface area contributed by atoms with E-state index in [0.717, 1.165) is 25.7 Å². The van der Waals surface area contributed by atoms with Gasteiger partial charge in [-0.15, -0.1) is 0 Å². The van der Waals surface area contributed by atoms with Gasteiger partial charge in [0.25, 0.3) is 0 Å². The molecule has 5 saturated heterocycles. The van der Waals surface area contributed by atoms with Crippen LogP contribution < -0.4 is 35.5 Å². The van der Waals surface area contributed by atoms with Gasteiger partial charge in [-0.05, 0) is 90.7 Å². The third-order valence-corrected chi connectivity index (χ3v) is 20.3. The van der Waals surface area contributed by atoms with Crippen molar-refractivity contribution in [2.24, 2.45) is 53.3 Å². The molecule has 81 heavy (non-hydrogen) atoms. The summed E-state index contributed by atoms with van der Waals surface area (Å²) in [5.41, 5.74) is 0.678. The molecule has 6 fully saturated rings. The van der Waals surface area contributed by atoms with Crippen LogP contribution in [0.5, 0.6) is 17.2 Å². The van der Waals surface area contributed by atoms with Crippen molar-refractivity contribution in [3.63, 3.8) is 0 Å². The second-order valence-corrected chi connectivity index (χ2v) is 24.8. The number of methoxy groups -OCH3 is 3. The Kier molecular flexibility index (Phi) is 28.7. The third kappa shape index (κ3) is 18.3. The van der Waals surface area contributed by atoms with Gasteiger partial charge >= 0.3 is 5.97 Å². The zero-order chi connectivity index (χ0) is 57.7. The molecule has 7 rings (SSSR count). The number of benzene rings is 1. The highest BCUT2D eigenvalue weighted by atomic mass is 79.9. The lowest BCUT2D eigenvalue weighted by Gasteiger charge is -2.33. The van der Waals surface area contributed by atoms with E-state index in [-0.39, 0.29) is 91.5 Å². The quantitative estimate of drug-likeness (QED) is 0.0303. The molecule has 5 N–H and O–H groups in total. The number of alkyl halides is 1. The Balaban J connectivity index is 1.06. The highest BCUT2D eigenvalue weighted by Crippen LogP contribution is 2.51. The minimum absolute atomic E-state index is 0.00220. The molecule has 0 radical (unpaired) electrons. The Morgan fingerprint density at radius 3 is 1.49 bits per heavy atom. The molecule has 466 valence electrons. The lowest BCUT2D eigenvalue weighted by molar-refractivity contribution is -0.145. The van der Waals surface area contributed by atoms with Gasteiger partial charge in [-0.1, -0.05) is 70.3 Å². The van der Waals surface area contributed by atoms with Crippen molar-refractivity contribution in [2.45, 2.75) is 152 Å². The summed E-state index contributed by atoms with van der Waals surface area (Å²) in [5, 5.41) is 29.0. The van der Waals surface area contributed by atoms with Crippen molar-refractivity contribution in [3.8, 4) is 17.2 Å². The van der Waals surface area contributed by atoms with E-state index in [1.54, 1.807) is 21.3 Å². The molecule has 0 aromatic heterocycles. The van der Waals surface area contributed by atoms with Crippen molar-refractivity contribution in [2.75, 3.05) is 140 Å². The fraction of sp³-hybridized carbons (Fsp3) is 0.885. The van der Waals surface area contributed by atoms with Gasteiger partial charge in [-0.25, -0.2) is 0 Å². The lowest BCUT2D eigenvalue weighted by Crippen LogP contribution is -2.52. The average Bonchev–Trinajstić information content (AvgIpc) is 4.44. The monoisotopic (exact) mass is 1210 g/mol. The van der Waals surface area contributed by atoms with Gasteiger partial charge in [0.05, 0.1) is 105 Å². The smallest absolute Gasteiger partial charge is 0.306 e. The number of esters is 1. The van der Waals surface area contributed by atoms with Crippen LogP contribution in [0.4, 0.5) is 0 Å². The Morgan fingerprint density at radius 1 is 0.519 bits per heavy atom. The molecule has 5 aliphatic heterocycles.